The highest BCUT2D eigenvalue weighted by Gasteiger charge is 2.30. The van der Waals surface area contributed by atoms with Gasteiger partial charge in [0.25, 0.3) is 0 Å². The maximum Gasteiger partial charge on any atom is 0.326 e. The number of hydrogen-bond donors (Lipinski definition) is 9. The van der Waals surface area contributed by atoms with Crippen molar-refractivity contribution in [3.63, 3.8) is 0 Å². The Labute approximate surface area is 187 Å². The summed E-state index contributed by atoms with van der Waals surface area (Å²) in [5.41, 5.74) is 10.9. The smallest absolute Gasteiger partial charge is 0.326 e. The molecular formula is C19H27N5O9. The van der Waals surface area contributed by atoms with Crippen molar-refractivity contribution >= 4 is 29.6 Å². The zero-order valence-corrected chi connectivity index (χ0v) is 17.4. The van der Waals surface area contributed by atoms with Crippen LogP contribution in [0.1, 0.15) is 12.0 Å². The zero-order chi connectivity index (χ0) is 25.1. The largest absolute Gasteiger partial charge is 0.508 e. The minimum absolute atomic E-state index is 0.0289. The fourth-order valence-electron chi connectivity index (χ4n) is 2.59. The van der Waals surface area contributed by atoms with Crippen LogP contribution in [0.4, 0.5) is 0 Å². The second kappa shape index (κ2) is 12.9. The molecule has 4 atom stereocenters. The highest BCUT2D eigenvalue weighted by Crippen LogP contribution is 2.11. The summed E-state index contributed by atoms with van der Waals surface area (Å²) in [6.07, 6.45) is -0.661. The van der Waals surface area contributed by atoms with Gasteiger partial charge in [-0.3, -0.25) is 19.2 Å². The van der Waals surface area contributed by atoms with E-state index >= 15 is 0 Å². The molecule has 0 aliphatic rings. The van der Waals surface area contributed by atoms with E-state index in [-0.39, 0.29) is 12.2 Å². The average Bonchev–Trinajstić information content (AvgIpc) is 2.75. The van der Waals surface area contributed by atoms with Crippen molar-refractivity contribution < 1.29 is 44.4 Å². The molecule has 0 fully saturated rings. The van der Waals surface area contributed by atoms with E-state index in [4.69, 9.17) is 11.5 Å². The quantitative estimate of drug-likeness (QED) is 0.134. The number of aromatic hydroxyl groups is 1. The monoisotopic (exact) mass is 469 g/mol. The topological polar surface area (TPSA) is 254 Å². The van der Waals surface area contributed by atoms with E-state index in [1.807, 2.05) is 0 Å². The third-order valence-electron chi connectivity index (χ3n) is 4.38. The SMILES string of the molecule is NC(=O)C[C@H](N)C(=O)N[C@@H](CO)C(=O)N[C@@H](CO)C(=O)N[C@@H](Cc1ccc(O)cc1)C(=O)O. The molecule has 4 amide bonds. The number of aliphatic hydroxyl groups excluding tert-OH is 2. The third kappa shape index (κ3) is 9.10. The van der Waals surface area contributed by atoms with Crippen molar-refractivity contribution in [3.8, 4) is 5.75 Å². The molecule has 0 aromatic heterocycles. The number of amides is 4. The molecule has 0 saturated carbocycles. The number of rotatable bonds is 13. The summed E-state index contributed by atoms with van der Waals surface area (Å²) in [5.74, 6) is -5.35. The van der Waals surface area contributed by atoms with Gasteiger partial charge < -0.3 is 47.8 Å². The molecule has 0 spiro atoms. The first kappa shape index (κ1) is 27.3. The molecule has 0 saturated heterocycles. The molecule has 0 unspecified atom stereocenters. The lowest BCUT2D eigenvalue weighted by molar-refractivity contribution is -0.142. The van der Waals surface area contributed by atoms with E-state index in [1.165, 1.54) is 24.3 Å². The molecule has 0 aliphatic carbocycles. The van der Waals surface area contributed by atoms with Gasteiger partial charge in [0, 0.05) is 6.42 Å². The number of hydrogen-bond acceptors (Lipinski definition) is 9. The van der Waals surface area contributed by atoms with Gasteiger partial charge in [-0.2, -0.15) is 0 Å². The number of nitrogens with one attached hydrogen (secondary N) is 3. The summed E-state index contributed by atoms with van der Waals surface area (Å²) in [6.45, 7) is -1.82. The highest BCUT2D eigenvalue weighted by atomic mass is 16.4. The maximum atomic E-state index is 12.4. The standard InChI is InChI=1S/C19H27N5O9/c20-11(6-15(21)28)16(29)23-13(7-25)18(31)24-14(8-26)17(30)22-12(19(32)33)5-9-1-3-10(27)4-2-9/h1-4,11-14,25-27H,5-8,20H2,(H2,21,28)(H,22,30)(H,23,29)(H,24,31)(H,32,33)/t11-,12-,13-,14-/m0/s1. The summed E-state index contributed by atoms with van der Waals surface area (Å²) in [7, 11) is 0. The number of benzene rings is 1. The van der Waals surface area contributed by atoms with E-state index in [2.05, 4.69) is 16.0 Å². The third-order valence-corrected chi connectivity index (χ3v) is 4.38. The van der Waals surface area contributed by atoms with Gasteiger partial charge in [0.05, 0.1) is 25.7 Å². The van der Waals surface area contributed by atoms with E-state index < -0.39 is 73.4 Å². The van der Waals surface area contributed by atoms with Crippen LogP contribution >= 0.6 is 0 Å². The van der Waals surface area contributed by atoms with Gasteiger partial charge in [-0.25, -0.2) is 4.79 Å². The fourth-order valence-corrected chi connectivity index (χ4v) is 2.59. The van der Waals surface area contributed by atoms with Crippen LogP contribution < -0.4 is 27.4 Å². The molecular weight excluding hydrogens is 442 g/mol. The Morgan fingerprint density at radius 1 is 0.818 bits per heavy atom. The lowest BCUT2D eigenvalue weighted by Crippen LogP contribution is -2.59. The lowest BCUT2D eigenvalue weighted by Gasteiger charge is -2.23. The minimum atomic E-state index is -1.61. The molecule has 14 heteroatoms. The van der Waals surface area contributed by atoms with Crippen molar-refractivity contribution in [2.24, 2.45) is 11.5 Å². The first-order chi connectivity index (χ1) is 15.5. The summed E-state index contributed by atoms with van der Waals surface area (Å²) < 4.78 is 0. The van der Waals surface area contributed by atoms with Gasteiger partial charge >= 0.3 is 5.97 Å². The van der Waals surface area contributed by atoms with Crippen molar-refractivity contribution in [2.75, 3.05) is 13.2 Å². The number of aliphatic carboxylic acids is 1. The Balaban J connectivity index is 2.78. The summed E-state index contributed by atoms with van der Waals surface area (Å²) in [4.78, 5) is 59.0. The molecule has 1 aromatic rings. The van der Waals surface area contributed by atoms with Crippen molar-refractivity contribution in [2.45, 2.75) is 37.0 Å². The van der Waals surface area contributed by atoms with Crippen molar-refractivity contribution in [3.05, 3.63) is 29.8 Å². The second-order valence-corrected chi connectivity index (χ2v) is 7.03. The number of phenols is 1. The van der Waals surface area contributed by atoms with Crippen LogP contribution in [0.3, 0.4) is 0 Å². The van der Waals surface area contributed by atoms with Crippen molar-refractivity contribution in [1.29, 1.82) is 0 Å². The molecule has 1 rings (SSSR count). The van der Waals surface area contributed by atoms with Crippen LogP contribution in [0.15, 0.2) is 24.3 Å². The van der Waals surface area contributed by atoms with Gasteiger partial charge in [-0.15, -0.1) is 0 Å². The lowest BCUT2D eigenvalue weighted by atomic mass is 10.1. The molecule has 0 aliphatic heterocycles. The van der Waals surface area contributed by atoms with E-state index in [0.717, 1.165) is 0 Å². The maximum absolute atomic E-state index is 12.4. The second-order valence-electron chi connectivity index (χ2n) is 7.03. The van der Waals surface area contributed by atoms with Crippen LogP contribution in [0, 0.1) is 0 Å². The molecule has 1 aromatic carbocycles. The molecule has 182 valence electrons. The predicted molar refractivity (Wildman–Crippen MR) is 111 cm³/mol. The first-order valence-corrected chi connectivity index (χ1v) is 9.65. The van der Waals surface area contributed by atoms with Gasteiger partial charge in [0.15, 0.2) is 0 Å². The van der Waals surface area contributed by atoms with E-state index in [9.17, 15) is 44.4 Å². The number of nitrogens with two attached hydrogens (primary N) is 2. The number of phenolic OH excluding ortho intramolecular Hbond substituents is 1. The van der Waals surface area contributed by atoms with Gasteiger partial charge in [0.1, 0.15) is 23.9 Å². The number of carbonyl (C=O) groups excluding carboxylic acids is 4. The van der Waals surface area contributed by atoms with Crippen LogP contribution in [-0.2, 0) is 30.4 Å². The van der Waals surface area contributed by atoms with Crippen LogP contribution in [0.5, 0.6) is 5.75 Å². The van der Waals surface area contributed by atoms with Gasteiger partial charge in [-0.05, 0) is 17.7 Å². The van der Waals surface area contributed by atoms with Gasteiger partial charge in [-0.1, -0.05) is 12.1 Å². The fraction of sp³-hybridized carbons (Fsp3) is 0.421. The Kier molecular flexibility index (Phi) is 10.7. The highest BCUT2D eigenvalue weighted by molar-refractivity contribution is 5.95. The van der Waals surface area contributed by atoms with E-state index in [1.54, 1.807) is 0 Å². The first-order valence-electron chi connectivity index (χ1n) is 9.65. The van der Waals surface area contributed by atoms with Crippen LogP contribution in [0.25, 0.3) is 0 Å². The Morgan fingerprint density at radius 2 is 1.27 bits per heavy atom. The zero-order valence-electron chi connectivity index (χ0n) is 17.4. The Bertz CT molecular complexity index is 862. The summed E-state index contributed by atoms with van der Waals surface area (Å²) in [5, 5.41) is 43.8. The number of carboxylic acids is 1. The molecule has 14 nitrogen and oxygen atoms in total. The molecule has 11 N–H and O–H groups in total. The van der Waals surface area contributed by atoms with Gasteiger partial charge in [0.2, 0.25) is 23.6 Å². The van der Waals surface area contributed by atoms with Crippen LogP contribution in [0.2, 0.25) is 0 Å². The number of primary amides is 1. The summed E-state index contributed by atoms with van der Waals surface area (Å²) in [6, 6.07) is -0.391. The Hall–Kier alpha value is -3.75. The summed E-state index contributed by atoms with van der Waals surface area (Å²) >= 11 is 0. The molecule has 33 heavy (non-hydrogen) atoms. The Morgan fingerprint density at radius 3 is 1.70 bits per heavy atom. The minimum Gasteiger partial charge on any atom is -0.508 e. The molecule has 0 bridgehead atoms. The number of carbonyl (C=O) groups is 5. The van der Waals surface area contributed by atoms with Crippen LogP contribution in [-0.4, -0.2) is 87.4 Å². The predicted octanol–water partition coefficient (Wildman–Crippen LogP) is -4.34. The number of carboxylic acid groups (broad SMARTS) is 1. The number of aliphatic hydroxyl groups is 2. The van der Waals surface area contributed by atoms with E-state index in [0.29, 0.717) is 5.56 Å². The average molecular weight is 469 g/mol. The normalized spacial score (nSPS) is 14.3. The molecule has 0 radical (unpaired) electrons. The van der Waals surface area contributed by atoms with Crippen molar-refractivity contribution in [1.82, 2.24) is 16.0 Å². The molecule has 0 heterocycles.